The van der Waals surface area contributed by atoms with Crippen molar-refractivity contribution in [1.82, 2.24) is 4.90 Å². The van der Waals surface area contributed by atoms with Crippen LogP contribution in [0.4, 0.5) is 5.69 Å². The highest BCUT2D eigenvalue weighted by atomic mass is 79.9. The van der Waals surface area contributed by atoms with Crippen molar-refractivity contribution in [3.63, 3.8) is 0 Å². The molecular weight excluding hydrogens is 304 g/mol. The van der Waals surface area contributed by atoms with Crippen LogP contribution in [-0.4, -0.2) is 44.8 Å². The molecule has 1 saturated heterocycles. The van der Waals surface area contributed by atoms with Gasteiger partial charge in [0.25, 0.3) is 0 Å². The van der Waals surface area contributed by atoms with Crippen LogP contribution in [0.3, 0.4) is 0 Å². The topological polar surface area (TPSA) is 24.5 Å². The molecule has 19 heavy (non-hydrogen) atoms. The van der Waals surface area contributed by atoms with Crippen LogP contribution in [0, 0.1) is 5.92 Å². The molecule has 3 nitrogen and oxygen atoms in total. The summed E-state index contributed by atoms with van der Waals surface area (Å²) in [6.45, 7) is 5.07. The molecule has 0 aromatic heterocycles. The third-order valence-corrected chi connectivity index (χ3v) is 4.02. The number of rotatable bonds is 6. The molecule has 1 aromatic rings. The van der Waals surface area contributed by atoms with Crippen LogP contribution in [-0.2, 0) is 4.74 Å². The molecule has 0 bridgehead atoms. The van der Waals surface area contributed by atoms with E-state index < -0.39 is 0 Å². The number of benzene rings is 1. The van der Waals surface area contributed by atoms with E-state index in [0.29, 0.717) is 5.92 Å². The van der Waals surface area contributed by atoms with Crippen molar-refractivity contribution in [2.75, 3.05) is 45.2 Å². The minimum absolute atomic E-state index is 0.714. The van der Waals surface area contributed by atoms with Gasteiger partial charge in [0, 0.05) is 36.4 Å². The van der Waals surface area contributed by atoms with Gasteiger partial charge in [-0.3, -0.25) is 0 Å². The average Bonchev–Trinajstić information content (AvgIpc) is 2.42. The number of hydrogen-bond donors (Lipinski definition) is 1. The first-order valence-electron chi connectivity index (χ1n) is 7.00. The molecule has 106 valence electrons. The van der Waals surface area contributed by atoms with Gasteiger partial charge in [0.05, 0.1) is 6.61 Å². The van der Waals surface area contributed by atoms with Gasteiger partial charge in [0.1, 0.15) is 0 Å². The first-order chi connectivity index (χ1) is 9.24. The second-order valence-corrected chi connectivity index (χ2v) is 6.19. The SMILES string of the molecule is CN(CCNc1ccc(Br)cc1)CC1CCCOC1. The van der Waals surface area contributed by atoms with Gasteiger partial charge in [-0.15, -0.1) is 0 Å². The van der Waals surface area contributed by atoms with Crippen LogP contribution in [0.2, 0.25) is 0 Å². The molecule has 0 radical (unpaired) electrons. The summed E-state index contributed by atoms with van der Waals surface area (Å²) in [7, 11) is 2.19. The number of anilines is 1. The van der Waals surface area contributed by atoms with Crippen molar-refractivity contribution < 1.29 is 4.74 Å². The third-order valence-electron chi connectivity index (χ3n) is 3.49. The number of nitrogens with one attached hydrogen (secondary N) is 1. The molecule has 1 heterocycles. The molecule has 2 rings (SSSR count). The maximum absolute atomic E-state index is 5.52. The maximum atomic E-state index is 5.52. The minimum Gasteiger partial charge on any atom is -0.384 e. The summed E-state index contributed by atoms with van der Waals surface area (Å²) in [5.41, 5.74) is 1.18. The van der Waals surface area contributed by atoms with Crippen molar-refractivity contribution in [2.45, 2.75) is 12.8 Å². The molecule has 1 aliphatic heterocycles. The molecule has 1 atom stereocenters. The molecule has 4 heteroatoms. The molecular formula is C15H23BrN2O. The molecule has 0 amide bonds. The van der Waals surface area contributed by atoms with E-state index in [1.807, 2.05) is 0 Å². The number of halogens is 1. The molecule has 1 aromatic carbocycles. The van der Waals surface area contributed by atoms with E-state index in [-0.39, 0.29) is 0 Å². The quantitative estimate of drug-likeness (QED) is 0.868. The first kappa shape index (κ1) is 14.8. The summed E-state index contributed by atoms with van der Waals surface area (Å²) in [5.74, 6) is 0.714. The summed E-state index contributed by atoms with van der Waals surface area (Å²) < 4.78 is 6.64. The lowest BCUT2D eigenvalue weighted by atomic mass is 10.0. The minimum atomic E-state index is 0.714. The van der Waals surface area contributed by atoms with E-state index in [4.69, 9.17) is 4.74 Å². The normalized spacial score (nSPS) is 19.6. The van der Waals surface area contributed by atoms with Crippen molar-refractivity contribution in [3.05, 3.63) is 28.7 Å². The highest BCUT2D eigenvalue weighted by molar-refractivity contribution is 9.10. The smallest absolute Gasteiger partial charge is 0.0506 e. The summed E-state index contributed by atoms with van der Waals surface area (Å²) in [6.07, 6.45) is 2.53. The summed E-state index contributed by atoms with van der Waals surface area (Å²) in [5, 5.41) is 3.45. The van der Waals surface area contributed by atoms with Gasteiger partial charge in [-0.05, 0) is 50.1 Å². The van der Waals surface area contributed by atoms with E-state index in [1.165, 1.54) is 18.5 Å². The fraction of sp³-hybridized carbons (Fsp3) is 0.600. The van der Waals surface area contributed by atoms with Gasteiger partial charge in [0.15, 0.2) is 0 Å². The molecule has 1 aliphatic rings. The number of ether oxygens (including phenoxy) is 1. The predicted octanol–water partition coefficient (Wildman–Crippen LogP) is 3.22. The second-order valence-electron chi connectivity index (χ2n) is 5.28. The fourth-order valence-electron chi connectivity index (χ4n) is 2.44. The Morgan fingerprint density at radius 3 is 2.84 bits per heavy atom. The number of hydrogen-bond acceptors (Lipinski definition) is 3. The van der Waals surface area contributed by atoms with Gasteiger partial charge in [-0.25, -0.2) is 0 Å². The first-order valence-corrected chi connectivity index (χ1v) is 7.79. The standard InChI is InChI=1S/C15H23BrN2O/c1-18(11-13-3-2-10-19-12-13)9-8-17-15-6-4-14(16)5-7-15/h4-7,13,17H,2-3,8-12H2,1H3. The zero-order valence-corrected chi connectivity index (χ0v) is 13.2. The van der Waals surface area contributed by atoms with Gasteiger partial charge in [-0.2, -0.15) is 0 Å². The van der Waals surface area contributed by atoms with Crippen LogP contribution in [0.25, 0.3) is 0 Å². The maximum Gasteiger partial charge on any atom is 0.0506 e. The number of likely N-dealkylation sites (N-methyl/N-ethyl adjacent to an activating group) is 1. The number of nitrogens with zero attached hydrogens (tertiary/aromatic N) is 1. The fourth-order valence-corrected chi connectivity index (χ4v) is 2.71. The molecule has 1 fully saturated rings. The van der Waals surface area contributed by atoms with Crippen molar-refractivity contribution >= 4 is 21.6 Å². The van der Waals surface area contributed by atoms with E-state index in [2.05, 4.69) is 57.5 Å². The van der Waals surface area contributed by atoms with Crippen LogP contribution in [0.15, 0.2) is 28.7 Å². The van der Waals surface area contributed by atoms with Gasteiger partial charge < -0.3 is 15.0 Å². The summed E-state index contributed by atoms with van der Waals surface area (Å²) in [4.78, 5) is 2.39. The van der Waals surface area contributed by atoms with E-state index >= 15 is 0 Å². The highest BCUT2D eigenvalue weighted by Gasteiger charge is 2.15. The Labute approximate surface area is 124 Å². The zero-order chi connectivity index (χ0) is 13.5. The third kappa shape index (κ3) is 5.51. The second kappa shape index (κ2) is 7.88. The summed E-state index contributed by atoms with van der Waals surface area (Å²) >= 11 is 3.44. The van der Waals surface area contributed by atoms with Crippen LogP contribution in [0.5, 0.6) is 0 Å². The van der Waals surface area contributed by atoms with Crippen LogP contribution >= 0.6 is 15.9 Å². The monoisotopic (exact) mass is 326 g/mol. The lowest BCUT2D eigenvalue weighted by Gasteiger charge is -2.27. The van der Waals surface area contributed by atoms with Gasteiger partial charge in [0.2, 0.25) is 0 Å². The molecule has 0 aliphatic carbocycles. The largest absolute Gasteiger partial charge is 0.384 e. The molecule has 0 spiro atoms. The van der Waals surface area contributed by atoms with Crippen molar-refractivity contribution in [3.8, 4) is 0 Å². The summed E-state index contributed by atoms with van der Waals surface area (Å²) in [6, 6.07) is 8.31. The lowest BCUT2D eigenvalue weighted by molar-refractivity contribution is 0.0425. The Bertz CT molecular complexity index is 363. The van der Waals surface area contributed by atoms with Crippen molar-refractivity contribution in [1.29, 1.82) is 0 Å². The highest BCUT2D eigenvalue weighted by Crippen LogP contribution is 2.15. The van der Waals surface area contributed by atoms with Gasteiger partial charge in [-0.1, -0.05) is 15.9 Å². The molecule has 1 unspecified atom stereocenters. The Balaban J connectivity index is 1.63. The molecule has 0 saturated carbocycles. The van der Waals surface area contributed by atoms with E-state index in [0.717, 1.165) is 37.3 Å². The van der Waals surface area contributed by atoms with Crippen LogP contribution < -0.4 is 5.32 Å². The van der Waals surface area contributed by atoms with E-state index in [9.17, 15) is 0 Å². The Hall–Kier alpha value is -0.580. The molecule has 1 N–H and O–H groups in total. The average molecular weight is 327 g/mol. The van der Waals surface area contributed by atoms with Gasteiger partial charge >= 0.3 is 0 Å². The Morgan fingerprint density at radius 2 is 2.16 bits per heavy atom. The lowest BCUT2D eigenvalue weighted by Crippen LogP contribution is -2.33. The van der Waals surface area contributed by atoms with Crippen molar-refractivity contribution in [2.24, 2.45) is 5.92 Å². The van der Waals surface area contributed by atoms with Crippen LogP contribution in [0.1, 0.15) is 12.8 Å². The Kier molecular flexibility index (Phi) is 6.14. The zero-order valence-electron chi connectivity index (χ0n) is 11.6. The predicted molar refractivity (Wildman–Crippen MR) is 83.7 cm³/mol. The Morgan fingerprint density at radius 1 is 1.37 bits per heavy atom. The van der Waals surface area contributed by atoms with E-state index in [1.54, 1.807) is 0 Å².